The van der Waals surface area contributed by atoms with Crippen LogP contribution in [0.1, 0.15) is 45.4 Å². The van der Waals surface area contributed by atoms with E-state index in [4.69, 9.17) is 0 Å². The summed E-state index contributed by atoms with van der Waals surface area (Å²) in [6.45, 7) is 2.31. The van der Waals surface area contributed by atoms with Crippen LogP contribution in [-0.2, 0) is 0 Å². The summed E-state index contributed by atoms with van der Waals surface area (Å²) in [7, 11) is 0. The van der Waals surface area contributed by atoms with Crippen LogP contribution in [0.4, 0.5) is 4.39 Å². The fraction of sp³-hybridized carbons (Fsp3) is 1.00. The maximum atomic E-state index is 13.1. The summed E-state index contributed by atoms with van der Waals surface area (Å²) >= 11 is 0. The highest BCUT2D eigenvalue weighted by Crippen LogP contribution is 2.55. The van der Waals surface area contributed by atoms with Crippen LogP contribution in [0.5, 0.6) is 0 Å². The van der Waals surface area contributed by atoms with Crippen LogP contribution >= 0.6 is 0 Å². The SMILES string of the molecule is CC1CCC(F)CC12CCC2. The van der Waals surface area contributed by atoms with Crippen molar-refractivity contribution in [3.63, 3.8) is 0 Å². The molecule has 11 heavy (non-hydrogen) atoms. The first-order chi connectivity index (χ1) is 5.23. The zero-order valence-electron chi connectivity index (χ0n) is 7.28. The molecule has 2 aliphatic rings. The lowest BCUT2D eigenvalue weighted by molar-refractivity contribution is -0.0185. The number of rotatable bonds is 0. The molecular weight excluding hydrogens is 139 g/mol. The van der Waals surface area contributed by atoms with E-state index < -0.39 is 6.17 Å². The molecule has 0 nitrogen and oxygen atoms in total. The molecule has 0 aromatic carbocycles. The van der Waals surface area contributed by atoms with Crippen LogP contribution in [0.15, 0.2) is 0 Å². The molecule has 2 fully saturated rings. The molecule has 0 aliphatic heterocycles. The van der Waals surface area contributed by atoms with Crippen molar-refractivity contribution >= 4 is 0 Å². The van der Waals surface area contributed by atoms with Gasteiger partial charge in [0.2, 0.25) is 0 Å². The van der Waals surface area contributed by atoms with Gasteiger partial charge < -0.3 is 0 Å². The first kappa shape index (κ1) is 7.57. The van der Waals surface area contributed by atoms with Crippen molar-refractivity contribution < 1.29 is 4.39 Å². The first-order valence-electron chi connectivity index (χ1n) is 4.87. The largest absolute Gasteiger partial charge is 0.247 e. The Balaban J connectivity index is 2.04. The minimum atomic E-state index is -0.480. The van der Waals surface area contributed by atoms with E-state index >= 15 is 0 Å². The van der Waals surface area contributed by atoms with Gasteiger partial charge in [0.15, 0.2) is 0 Å². The summed E-state index contributed by atoms with van der Waals surface area (Å²) in [5.41, 5.74) is 0.456. The van der Waals surface area contributed by atoms with Gasteiger partial charge in [0.25, 0.3) is 0 Å². The van der Waals surface area contributed by atoms with Crippen molar-refractivity contribution in [1.82, 2.24) is 0 Å². The van der Waals surface area contributed by atoms with E-state index in [-0.39, 0.29) is 0 Å². The molecule has 1 heteroatoms. The van der Waals surface area contributed by atoms with Gasteiger partial charge in [-0.3, -0.25) is 0 Å². The van der Waals surface area contributed by atoms with E-state index in [1.807, 2.05) is 0 Å². The topological polar surface area (TPSA) is 0 Å². The molecule has 0 radical (unpaired) electrons. The second-order valence-corrected chi connectivity index (χ2v) is 4.50. The van der Waals surface area contributed by atoms with Crippen molar-refractivity contribution in [2.45, 2.75) is 51.6 Å². The van der Waals surface area contributed by atoms with Crippen LogP contribution in [0.3, 0.4) is 0 Å². The summed E-state index contributed by atoms with van der Waals surface area (Å²) in [6.07, 6.45) is 6.28. The molecule has 0 aromatic rings. The fourth-order valence-corrected chi connectivity index (χ4v) is 2.81. The van der Waals surface area contributed by atoms with E-state index in [2.05, 4.69) is 6.92 Å². The van der Waals surface area contributed by atoms with Crippen molar-refractivity contribution in [2.24, 2.45) is 11.3 Å². The Morgan fingerprint density at radius 2 is 2.00 bits per heavy atom. The van der Waals surface area contributed by atoms with Crippen LogP contribution < -0.4 is 0 Å². The van der Waals surface area contributed by atoms with Crippen molar-refractivity contribution in [3.05, 3.63) is 0 Å². The molecule has 0 amide bonds. The number of hydrogen-bond donors (Lipinski definition) is 0. The third-order valence-corrected chi connectivity index (χ3v) is 3.94. The summed E-state index contributed by atoms with van der Waals surface area (Å²) in [5.74, 6) is 0.795. The predicted molar refractivity (Wildman–Crippen MR) is 44.2 cm³/mol. The predicted octanol–water partition coefficient (Wildman–Crippen LogP) is 3.31. The molecule has 64 valence electrons. The molecule has 0 bridgehead atoms. The third-order valence-electron chi connectivity index (χ3n) is 3.94. The van der Waals surface area contributed by atoms with E-state index in [0.717, 1.165) is 25.2 Å². The van der Waals surface area contributed by atoms with Crippen LogP contribution in [0.2, 0.25) is 0 Å². The molecule has 2 rings (SSSR count). The van der Waals surface area contributed by atoms with Gasteiger partial charge in [0, 0.05) is 0 Å². The Bertz CT molecular complexity index is 149. The summed E-state index contributed by atoms with van der Waals surface area (Å²) in [4.78, 5) is 0. The molecular formula is C10H17F. The maximum absolute atomic E-state index is 13.1. The number of alkyl halides is 1. The van der Waals surface area contributed by atoms with Gasteiger partial charge in [0.1, 0.15) is 6.17 Å². The molecule has 0 saturated heterocycles. The second-order valence-electron chi connectivity index (χ2n) is 4.50. The molecule has 1 spiro atoms. The normalized spacial score (nSPS) is 42.0. The standard InChI is InChI=1S/C10H17F/c1-8-3-4-9(11)7-10(8)5-2-6-10/h8-9H,2-7H2,1H3. The summed E-state index contributed by atoms with van der Waals surface area (Å²) < 4.78 is 13.1. The zero-order chi connectivity index (χ0) is 7.90. The number of hydrogen-bond acceptors (Lipinski definition) is 0. The summed E-state index contributed by atoms with van der Waals surface area (Å²) in [6, 6.07) is 0. The molecule has 2 unspecified atom stereocenters. The fourth-order valence-electron chi connectivity index (χ4n) is 2.81. The molecule has 2 saturated carbocycles. The van der Waals surface area contributed by atoms with Crippen LogP contribution in [0, 0.1) is 11.3 Å². The zero-order valence-corrected chi connectivity index (χ0v) is 7.28. The van der Waals surface area contributed by atoms with Gasteiger partial charge in [0.05, 0.1) is 0 Å². The quantitative estimate of drug-likeness (QED) is 0.504. The van der Waals surface area contributed by atoms with E-state index in [1.165, 1.54) is 19.3 Å². The monoisotopic (exact) mass is 156 g/mol. The average Bonchev–Trinajstić information content (AvgIpc) is 1.91. The highest BCUT2D eigenvalue weighted by Gasteiger charge is 2.45. The highest BCUT2D eigenvalue weighted by molar-refractivity contribution is 4.96. The molecule has 0 heterocycles. The van der Waals surface area contributed by atoms with Crippen molar-refractivity contribution in [3.8, 4) is 0 Å². The van der Waals surface area contributed by atoms with E-state index in [9.17, 15) is 4.39 Å². The van der Waals surface area contributed by atoms with Gasteiger partial charge in [-0.25, -0.2) is 4.39 Å². The van der Waals surface area contributed by atoms with Gasteiger partial charge in [-0.1, -0.05) is 13.3 Å². The summed E-state index contributed by atoms with van der Waals surface area (Å²) in [5, 5.41) is 0. The third kappa shape index (κ3) is 1.09. The Labute approximate surface area is 68.2 Å². The lowest BCUT2D eigenvalue weighted by atomic mass is 9.55. The first-order valence-corrected chi connectivity index (χ1v) is 4.87. The van der Waals surface area contributed by atoms with Gasteiger partial charge >= 0.3 is 0 Å². The van der Waals surface area contributed by atoms with Crippen molar-refractivity contribution in [2.75, 3.05) is 0 Å². The average molecular weight is 156 g/mol. The maximum Gasteiger partial charge on any atom is 0.101 e. The van der Waals surface area contributed by atoms with Gasteiger partial charge in [-0.05, 0) is 43.4 Å². The van der Waals surface area contributed by atoms with Crippen molar-refractivity contribution in [1.29, 1.82) is 0 Å². The Morgan fingerprint density at radius 3 is 2.45 bits per heavy atom. The second kappa shape index (κ2) is 2.46. The lowest BCUT2D eigenvalue weighted by Crippen LogP contribution is -2.41. The molecule has 0 N–H and O–H groups in total. The Morgan fingerprint density at radius 1 is 1.27 bits per heavy atom. The minimum Gasteiger partial charge on any atom is -0.247 e. The lowest BCUT2D eigenvalue weighted by Gasteiger charge is -2.50. The van der Waals surface area contributed by atoms with Gasteiger partial charge in [-0.15, -0.1) is 0 Å². The Kier molecular flexibility index (Phi) is 1.70. The Hall–Kier alpha value is -0.0700. The smallest absolute Gasteiger partial charge is 0.101 e. The minimum absolute atomic E-state index is 0.456. The van der Waals surface area contributed by atoms with E-state index in [1.54, 1.807) is 0 Å². The highest BCUT2D eigenvalue weighted by atomic mass is 19.1. The molecule has 2 atom stereocenters. The molecule has 0 aromatic heterocycles. The number of halogens is 1. The van der Waals surface area contributed by atoms with Crippen LogP contribution in [-0.4, -0.2) is 6.17 Å². The van der Waals surface area contributed by atoms with Crippen LogP contribution in [0.25, 0.3) is 0 Å². The molecule has 2 aliphatic carbocycles. The van der Waals surface area contributed by atoms with Gasteiger partial charge in [-0.2, -0.15) is 0 Å². The van der Waals surface area contributed by atoms with E-state index in [0.29, 0.717) is 5.41 Å².